The molecule has 0 rings (SSSR count). The lowest BCUT2D eigenvalue weighted by Gasteiger charge is -2.37. The van der Waals surface area contributed by atoms with E-state index in [0.717, 1.165) is 19.3 Å². The van der Waals surface area contributed by atoms with Gasteiger partial charge in [-0.2, -0.15) is 35.2 Å². The fourth-order valence-corrected chi connectivity index (χ4v) is 14.4. The monoisotopic (exact) mass is 614 g/mol. The van der Waals surface area contributed by atoms with Crippen molar-refractivity contribution in [1.29, 1.82) is 21.0 Å². The van der Waals surface area contributed by atoms with E-state index in [4.69, 9.17) is 21.0 Å². The zero-order valence-corrected chi connectivity index (χ0v) is 23.8. The minimum absolute atomic E-state index is 0.154. The Labute approximate surface area is 224 Å². The minimum Gasteiger partial charge on any atom is -0.212 e. The second-order valence-corrected chi connectivity index (χ2v) is 16.2. The van der Waals surface area contributed by atoms with E-state index < -0.39 is 81.4 Å². The third-order valence-corrected chi connectivity index (χ3v) is 16.0. The van der Waals surface area contributed by atoms with Crippen LogP contribution in [0.2, 0.25) is 0 Å². The highest BCUT2D eigenvalue weighted by molar-refractivity contribution is 8.25. The molecular weight excluding hydrogens is 585 g/mol. The van der Waals surface area contributed by atoms with Crippen molar-refractivity contribution >= 4 is 40.1 Å². The summed E-state index contributed by atoms with van der Waals surface area (Å²) in [4.78, 5) is 0. The van der Waals surface area contributed by atoms with E-state index in [9.17, 15) is 33.7 Å². The summed E-state index contributed by atoms with van der Waals surface area (Å²) in [6.45, 7) is -2.48. The molecule has 0 aromatic carbocycles. The summed E-state index contributed by atoms with van der Waals surface area (Å²) in [5.41, 5.74) is 0. The molecule has 0 spiro atoms. The predicted molar refractivity (Wildman–Crippen MR) is 135 cm³/mol. The number of hydrogen-bond acceptors (Lipinski definition) is 12. The normalized spacial score (nSPS) is 13.5. The van der Waals surface area contributed by atoms with Crippen LogP contribution in [0.15, 0.2) is 0 Å². The van der Waals surface area contributed by atoms with Crippen LogP contribution in [0.5, 0.6) is 0 Å². The first-order chi connectivity index (χ1) is 17.7. The Morgan fingerprint density at radius 3 is 1.29 bits per heavy atom. The molecular formula is C18H30N8O8S4. The molecule has 0 aliphatic heterocycles. The summed E-state index contributed by atoms with van der Waals surface area (Å²) in [7, 11) is -22.9. The standard InChI is InChI=1S/C18H30N8O8S4/c1-2-3-4-5-6-7-8-17(35(27,28)23-13-9-19)18(36(29,30)24-14-10-20,37(31,32)25-15-11-21)38(33,34)26-16-12-22/h17,23-26H,2-8,13-16H2,1H3. The highest BCUT2D eigenvalue weighted by Crippen LogP contribution is 2.39. The molecule has 0 saturated heterocycles. The average Bonchev–Trinajstić information content (AvgIpc) is 2.84. The summed E-state index contributed by atoms with van der Waals surface area (Å²) < 4.78 is 110. The number of nitrogens with zero attached hydrogens (tertiary/aromatic N) is 4. The lowest BCUT2D eigenvalue weighted by Crippen LogP contribution is -2.71. The summed E-state index contributed by atoms with van der Waals surface area (Å²) in [5, 5.41) is 32.7. The van der Waals surface area contributed by atoms with E-state index in [-0.39, 0.29) is 12.8 Å². The summed E-state index contributed by atoms with van der Waals surface area (Å²) in [6, 6.07) is 5.43. The van der Waals surface area contributed by atoms with Gasteiger partial charge in [0, 0.05) is 0 Å². The number of rotatable bonds is 20. The van der Waals surface area contributed by atoms with Crippen LogP contribution in [0.4, 0.5) is 0 Å². The van der Waals surface area contributed by atoms with Gasteiger partial charge in [0.1, 0.15) is 5.25 Å². The number of nitriles is 4. The number of unbranched alkanes of at least 4 members (excludes halogenated alkanes) is 5. The van der Waals surface area contributed by atoms with Gasteiger partial charge >= 0.3 is 3.41 Å². The highest BCUT2D eigenvalue weighted by atomic mass is 32.3. The van der Waals surface area contributed by atoms with Gasteiger partial charge in [-0.3, -0.25) is 0 Å². The van der Waals surface area contributed by atoms with Gasteiger partial charge in [0.2, 0.25) is 10.0 Å². The Balaban J connectivity index is 7.63. The number of nitrogens with one attached hydrogen (secondary N) is 4. The molecule has 0 aliphatic rings. The second kappa shape index (κ2) is 15.9. The van der Waals surface area contributed by atoms with Gasteiger partial charge in [-0.1, -0.05) is 45.4 Å². The van der Waals surface area contributed by atoms with Gasteiger partial charge in [0.15, 0.2) is 0 Å². The van der Waals surface area contributed by atoms with Crippen molar-refractivity contribution in [3.8, 4) is 24.3 Å². The lowest BCUT2D eigenvalue weighted by atomic mass is 10.1. The molecule has 0 radical (unpaired) electrons. The van der Waals surface area contributed by atoms with E-state index in [1.807, 2.05) is 6.92 Å². The van der Waals surface area contributed by atoms with E-state index in [0.29, 0.717) is 6.42 Å². The quantitative estimate of drug-likeness (QED) is 0.0903. The van der Waals surface area contributed by atoms with Crippen molar-refractivity contribution in [1.82, 2.24) is 18.9 Å². The molecule has 1 unspecified atom stereocenters. The molecule has 0 aromatic heterocycles. The molecule has 1 atom stereocenters. The van der Waals surface area contributed by atoms with E-state index in [1.165, 1.54) is 38.4 Å². The van der Waals surface area contributed by atoms with Crippen molar-refractivity contribution in [3.63, 3.8) is 0 Å². The van der Waals surface area contributed by atoms with Crippen molar-refractivity contribution < 1.29 is 33.7 Å². The Kier molecular flexibility index (Phi) is 14.9. The Morgan fingerprint density at radius 1 is 0.579 bits per heavy atom. The van der Waals surface area contributed by atoms with Gasteiger partial charge in [0.05, 0.1) is 50.5 Å². The van der Waals surface area contributed by atoms with Crippen molar-refractivity contribution in [2.24, 2.45) is 0 Å². The van der Waals surface area contributed by atoms with Crippen molar-refractivity contribution in [2.45, 2.75) is 60.5 Å². The maximum absolute atomic E-state index is 13.5. The first-order valence-corrected chi connectivity index (χ1v) is 17.1. The molecule has 0 bridgehead atoms. The molecule has 214 valence electrons. The van der Waals surface area contributed by atoms with Gasteiger partial charge in [-0.15, -0.1) is 0 Å². The van der Waals surface area contributed by atoms with Crippen LogP contribution in [0.25, 0.3) is 0 Å². The fourth-order valence-electron chi connectivity index (χ4n) is 3.50. The predicted octanol–water partition coefficient (Wildman–Crippen LogP) is -1.47. The van der Waals surface area contributed by atoms with Crippen LogP contribution < -0.4 is 18.9 Å². The first kappa shape index (κ1) is 35.6. The molecule has 38 heavy (non-hydrogen) atoms. The Bertz CT molecular complexity index is 1270. The molecule has 0 saturated carbocycles. The fraction of sp³-hybridized carbons (Fsp3) is 0.778. The Hall–Kier alpha value is -2.40. The SMILES string of the molecule is CCCCCCCCC(C(S(=O)(=O)NCC#N)(S(=O)(=O)NCC#N)S(=O)(=O)NCC#N)S(=O)(=O)NCC#N. The first-order valence-electron chi connectivity index (χ1n) is 11.1. The van der Waals surface area contributed by atoms with Crippen molar-refractivity contribution in [3.05, 3.63) is 0 Å². The van der Waals surface area contributed by atoms with E-state index in [1.54, 1.807) is 4.72 Å². The third kappa shape index (κ3) is 8.56. The lowest BCUT2D eigenvalue weighted by molar-refractivity contribution is 0.495. The second-order valence-electron chi connectivity index (χ2n) is 7.62. The van der Waals surface area contributed by atoms with Crippen LogP contribution in [0.1, 0.15) is 51.9 Å². The molecule has 0 heterocycles. The van der Waals surface area contributed by atoms with Gasteiger partial charge in [-0.05, 0) is 6.42 Å². The molecule has 0 amide bonds. The molecule has 0 fully saturated rings. The zero-order valence-electron chi connectivity index (χ0n) is 20.5. The van der Waals surface area contributed by atoms with Crippen LogP contribution in [-0.2, 0) is 40.1 Å². The molecule has 4 N–H and O–H groups in total. The molecule has 0 aliphatic carbocycles. The van der Waals surface area contributed by atoms with Gasteiger partial charge < -0.3 is 0 Å². The maximum Gasteiger partial charge on any atom is 0.330 e. The molecule has 0 aromatic rings. The van der Waals surface area contributed by atoms with E-state index in [2.05, 4.69) is 0 Å². The highest BCUT2D eigenvalue weighted by Gasteiger charge is 2.72. The van der Waals surface area contributed by atoms with Crippen LogP contribution in [0, 0.1) is 45.3 Å². The van der Waals surface area contributed by atoms with Gasteiger partial charge in [-0.25, -0.2) is 38.4 Å². The van der Waals surface area contributed by atoms with Crippen LogP contribution in [0.3, 0.4) is 0 Å². The summed E-state index contributed by atoms with van der Waals surface area (Å²) >= 11 is 0. The van der Waals surface area contributed by atoms with Gasteiger partial charge in [0.25, 0.3) is 30.1 Å². The Morgan fingerprint density at radius 2 is 0.921 bits per heavy atom. The maximum atomic E-state index is 13.5. The largest absolute Gasteiger partial charge is 0.330 e. The zero-order chi connectivity index (χ0) is 29.5. The number of sulfonamides is 4. The smallest absolute Gasteiger partial charge is 0.212 e. The van der Waals surface area contributed by atoms with E-state index >= 15 is 0 Å². The molecule has 20 heteroatoms. The van der Waals surface area contributed by atoms with Crippen molar-refractivity contribution in [2.75, 3.05) is 26.2 Å². The summed E-state index contributed by atoms with van der Waals surface area (Å²) in [5.74, 6) is 0. The summed E-state index contributed by atoms with van der Waals surface area (Å²) in [6.07, 6.45) is 2.23. The van der Waals surface area contributed by atoms with Crippen LogP contribution >= 0.6 is 0 Å². The molecule has 16 nitrogen and oxygen atoms in total. The number of hydrogen-bond donors (Lipinski definition) is 4. The topological polar surface area (TPSA) is 280 Å². The van der Waals surface area contributed by atoms with Crippen LogP contribution in [-0.4, -0.2) is 68.5 Å². The third-order valence-electron chi connectivity index (χ3n) is 5.09. The average molecular weight is 615 g/mol. The minimum atomic E-state index is -5.88.